The van der Waals surface area contributed by atoms with Crippen LogP contribution in [0.4, 0.5) is 11.4 Å². The van der Waals surface area contributed by atoms with Gasteiger partial charge in [0.15, 0.2) is 0 Å². The van der Waals surface area contributed by atoms with E-state index in [1.165, 1.54) is 10.5 Å². The number of nitriles is 1. The lowest BCUT2D eigenvalue weighted by molar-refractivity contribution is -0.120. The van der Waals surface area contributed by atoms with Gasteiger partial charge >= 0.3 is 0 Å². The van der Waals surface area contributed by atoms with Gasteiger partial charge in [-0.05, 0) is 73.7 Å². The summed E-state index contributed by atoms with van der Waals surface area (Å²) in [6, 6.07) is 22.6. The lowest BCUT2D eigenvalue weighted by atomic mass is 9.95. The van der Waals surface area contributed by atoms with Gasteiger partial charge in [-0.3, -0.25) is 9.59 Å². The van der Waals surface area contributed by atoms with Crippen LogP contribution in [0.2, 0.25) is 0 Å². The Bertz CT molecular complexity index is 1360. The molecule has 0 atom stereocenters. The number of nitrogens with zero attached hydrogens (tertiary/aromatic N) is 3. The Kier molecular flexibility index (Phi) is 5.07. The zero-order valence-electron chi connectivity index (χ0n) is 18.6. The standard InChI is InChI=1S/C28H23N3O2/c1-18-9-14-23(19(2)16-18)25-26(30-15-5-7-21-6-3-4-8-24(21)30)28(33)31(27(25)32)22-12-10-20(17-29)11-13-22/h3-4,6,8-14,16H,5,7,15H2,1-2H3. The first-order valence-corrected chi connectivity index (χ1v) is 11.1. The van der Waals surface area contributed by atoms with Gasteiger partial charge in [0.25, 0.3) is 11.8 Å². The molecule has 5 heteroatoms. The number of carbonyl (C=O) groups is 2. The maximum atomic E-state index is 13.9. The van der Waals surface area contributed by atoms with Crippen molar-refractivity contribution in [3.05, 3.63) is 100 Å². The molecule has 0 saturated heterocycles. The fourth-order valence-electron chi connectivity index (χ4n) is 4.79. The molecule has 2 amide bonds. The van der Waals surface area contributed by atoms with Crippen molar-refractivity contribution in [2.75, 3.05) is 16.3 Å². The van der Waals surface area contributed by atoms with Gasteiger partial charge in [-0.1, -0.05) is 42.0 Å². The van der Waals surface area contributed by atoms with Crippen LogP contribution < -0.4 is 9.80 Å². The van der Waals surface area contributed by atoms with Gasteiger partial charge in [-0.2, -0.15) is 5.26 Å². The first kappa shape index (κ1) is 20.7. The highest BCUT2D eigenvalue weighted by Crippen LogP contribution is 2.40. The van der Waals surface area contributed by atoms with Crippen LogP contribution in [0.15, 0.2) is 72.4 Å². The molecule has 0 aromatic heterocycles. The number of hydrogen-bond acceptors (Lipinski definition) is 4. The molecule has 3 aromatic rings. The second-order valence-electron chi connectivity index (χ2n) is 8.53. The lowest BCUT2D eigenvalue weighted by Gasteiger charge is -2.32. The first-order valence-electron chi connectivity index (χ1n) is 11.1. The highest BCUT2D eigenvalue weighted by molar-refractivity contribution is 6.46. The van der Waals surface area contributed by atoms with E-state index in [0.29, 0.717) is 29.1 Å². The van der Waals surface area contributed by atoms with E-state index in [2.05, 4.69) is 12.1 Å². The van der Waals surface area contributed by atoms with Crippen molar-refractivity contribution in [2.45, 2.75) is 26.7 Å². The van der Waals surface area contributed by atoms with E-state index < -0.39 is 0 Å². The van der Waals surface area contributed by atoms with Crippen LogP contribution >= 0.6 is 0 Å². The number of imide groups is 1. The minimum atomic E-state index is -0.338. The summed E-state index contributed by atoms with van der Waals surface area (Å²) in [6.07, 6.45) is 1.85. The van der Waals surface area contributed by atoms with Gasteiger partial charge in [0.05, 0.1) is 22.9 Å². The van der Waals surface area contributed by atoms with Gasteiger partial charge in [-0.15, -0.1) is 0 Å². The molecular weight excluding hydrogens is 410 g/mol. The van der Waals surface area contributed by atoms with Gasteiger partial charge in [0, 0.05) is 12.2 Å². The average molecular weight is 434 g/mol. The number of benzene rings is 3. The zero-order valence-corrected chi connectivity index (χ0v) is 18.6. The molecule has 5 nitrogen and oxygen atoms in total. The third-order valence-electron chi connectivity index (χ3n) is 6.35. The Hall–Kier alpha value is -4.17. The second-order valence-corrected chi connectivity index (χ2v) is 8.53. The molecule has 0 bridgehead atoms. The molecule has 0 radical (unpaired) electrons. The summed E-state index contributed by atoms with van der Waals surface area (Å²) in [5.74, 6) is -0.675. The summed E-state index contributed by atoms with van der Waals surface area (Å²) in [4.78, 5) is 31.0. The van der Waals surface area contributed by atoms with Gasteiger partial charge < -0.3 is 4.90 Å². The van der Waals surface area contributed by atoms with Crippen molar-refractivity contribution in [1.29, 1.82) is 5.26 Å². The van der Waals surface area contributed by atoms with E-state index in [1.807, 2.05) is 55.1 Å². The molecule has 0 fully saturated rings. The summed E-state index contributed by atoms with van der Waals surface area (Å²) >= 11 is 0. The van der Waals surface area contributed by atoms with Crippen LogP contribution in [0.3, 0.4) is 0 Å². The van der Waals surface area contributed by atoms with Crippen LogP contribution in [-0.4, -0.2) is 18.4 Å². The largest absolute Gasteiger partial charge is 0.336 e. The SMILES string of the molecule is Cc1ccc(C2=C(N3CCCc4ccccc43)C(=O)N(c3ccc(C#N)cc3)C2=O)c(C)c1. The number of hydrogen-bond donors (Lipinski definition) is 0. The summed E-state index contributed by atoms with van der Waals surface area (Å²) in [7, 11) is 0. The smallest absolute Gasteiger partial charge is 0.282 e. The van der Waals surface area contributed by atoms with Crippen molar-refractivity contribution in [3.8, 4) is 6.07 Å². The number of carbonyl (C=O) groups excluding carboxylic acids is 2. The molecule has 2 aliphatic heterocycles. The number of para-hydroxylation sites is 1. The Morgan fingerprint density at radius 2 is 1.67 bits per heavy atom. The minimum Gasteiger partial charge on any atom is -0.336 e. The predicted molar refractivity (Wildman–Crippen MR) is 129 cm³/mol. The summed E-state index contributed by atoms with van der Waals surface area (Å²) in [5, 5.41) is 9.13. The third kappa shape index (κ3) is 3.41. The molecule has 162 valence electrons. The number of anilines is 2. The molecule has 5 rings (SSSR count). The quantitative estimate of drug-likeness (QED) is 0.551. The average Bonchev–Trinajstić information content (AvgIpc) is 3.08. The van der Waals surface area contributed by atoms with Crippen molar-refractivity contribution < 1.29 is 9.59 Å². The molecule has 3 aromatic carbocycles. The lowest BCUT2D eigenvalue weighted by Crippen LogP contribution is -2.37. The van der Waals surface area contributed by atoms with Crippen LogP contribution in [0.5, 0.6) is 0 Å². The Balaban J connectivity index is 1.71. The van der Waals surface area contributed by atoms with Crippen molar-refractivity contribution in [3.63, 3.8) is 0 Å². The molecule has 33 heavy (non-hydrogen) atoms. The molecule has 0 aliphatic carbocycles. The number of aryl methyl sites for hydroxylation is 3. The van der Waals surface area contributed by atoms with Gasteiger partial charge in [0.1, 0.15) is 5.70 Å². The van der Waals surface area contributed by atoms with E-state index in [9.17, 15) is 9.59 Å². The van der Waals surface area contributed by atoms with Crippen LogP contribution in [0.25, 0.3) is 5.57 Å². The van der Waals surface area contributed by atoms with Crippen molar-refractivity contribution in [1.82, 2.24) is 0 Å². The molecule has 0 N–H and O–H groups in total. The number of rotatable bonds is 3. The zero-order chi connectivity index (χ0) is 23.1. The van der Waals surface area contributed by atoms with Crippen LogP contribution in [0, 0.1) is 25.2 Å². The van der Waals surface area contributed by atoms with Crippen LogP contribution in [0.1, 0.15) is 34.2 Å². The normalized spacial score (nSPS) is 15.7. The second kappa shape index (κ2) is 8.07. The van der Waals surface area contributed by atoms with E-state index in [-0.39, 0.29) is 11.8 Å². The Morgan fingerprint density at radius 3 is 2.39 bits per heavy atom. The minimum absolute atomic E-state index is 0.337. The molecule has 2 heterocycles. The van der Waals surface area contributed by atoms with Crippen molar-refractivity contribution in [2.24, 2.45) is 0 Å². The van der Waals surface area contributed by atoms with E-state index >= 15 is 0 Å². The number of fused-ring (bicyclic) bond motifs is 1. The van der Waals surface area contributed by atoms with E-state index in [0.717, 1.165) is 35.2 Å². The summed E-state index contributed by atoms with van der Waals surface area (Å²) < 4.78 is 0. The Morgan fingerprint density at radius 1 is 0.909 bits per heavy atom. The fourth-order valence-corrected chi connectivity index (χ4v) is 4.79. The Labute approximate surface area is 193 Å². The number of amides is 2. The monoisotopic (exact) mass is 433 g/mol. The maximum absolute atomic E-state index is 13.9. The van der Waals surface area contributed by atoms with E-state index in [4.69, 9.17) is 5.26 Å². The van der Waals surface area contributed by atoms with Crippen molar-refractivity contribution >= 4 is 28.8 Å². The molecule has 0 spiro atoms. The van der Waals surface area contributed by atoms with Gasteiger partial charge in [-0.25, -0.2) is 4.90 Å². The molecule has 2 aliphatic rings. The summed E-state index contributed by atoms with van der Waals surface area (Å²) in [6.45, 7) is 4.65. The van der Waals surface area contributed by atoms with Gasteiger partial charge in [0.2, 0.25) is 0 Å². The molecular formula is C28H23N3O2. The maximum Gasteiger partial charge on any atom is 0.282 e. The first-order chi connectivity index (χ1) is 16.0. The highest BCUT2D eigenvalue weighted by atomic mass is 16.2. The topological polar surface area (TPSA) is 64.4 Å². The third-order valence-corrected chi connectivity index (χ3v) is 6.35. The molecule has 0 unspecified atom stereocenters. The molecule has 0 saturated carbocycles. The highest BCUT2D eigenvalue weighted by Gasteiger charge is 2.44. The predicted octanol–water partition coefficient (Wildman–Crippen LogP) is 4.91. The summed E-state index contributed by atoms with van der Waals surface area (Å²) in [5.41, 5.74) is 6.77. The van der Waals surface area contributed by atoms with E-state index in [1.54, 1.807) is 24.3 Å². The fraction of sp³-hybridized carbons (Fsp3) is 0.179. The van der Waals surface area contributed by atoms with Crippen LogP contribution in [-0.2, 0) is 16.0 Å².